The smallest absolute Gasteiger partial charge is 0.257 e. The summed E-state index contributed by atoms with van der Waals surface area (Å²) in [4.78, 5) is 18.7. The van der Waals surface area contributed by atoms with Gasteiger partial charge >= 0.3 is 0 Å². The summed E-state index contributed by atoms with van der Waals surface area (Å²) in [5.41, 5.74) is 3.01. The van der Waals surface area contributed by atoms with E-state index in [-0.39, 0.29) is 42.7 Å². The second kappa shape index (κ2) is 12.4. The fourth-order valence-corrected chi connectivity index (χ4v) is 4.40. The molecule has 0 saturated carbocycles. The molecule has 1 aromatic heterocycles. The van der Waals surface area contributed by atoms with Crippen LogP contribution in [0, 0.1) is 11.6 Å². The molecule has 5 nitrogen and oxygen atoms in total. The van der Waals surface area contributed by atoms with E-state index in [2.05, 4.69) is 0 Å². The maximum atomic E-state index is 14.9. The van der Waals surface area contributed by atoms with Gasteiger partial charge in [-0.1, -0.05) is 61.5 Å². The Balaban J connectivity index is 1.83. The summed E-state index contributed by atoms with van der Waals surface area (Å²) in [6.07, 6.45) is 2.02. The summed E-state index contributed by atoms with van der Waals surface area (Å²) in [5.74, 6) is -0.689. The van der Waals surface area contributed by atoms with Gasteiger partial charge in [0.25, 0.3) is 5.56 Å². The molecule has 0 radical (unpaired) electrons. The first-order chi connectivity index (χ1) is 18.0. The van der Waals surface area contributed by atoms with Gasteiger partial charge in [-0.25, -0.2) is 13.8 Å². The fourth-order valence-electron chi connectivity index (χ4n) is 4.40. The molecule has 0 saturated heterocycles. The Morgan fingerprint density at radius 1 is 0.865 bits per heavy atom. The standard InChI is InChI=1S/C30H30F2N2O3/c1-3-23-27(17-16-21-10-5-4-6-11-21)33-29(24-13-9-15-26(32)28(24)37-20-36-2)34(30(23)35)19-18-22-12-7-8-14-25(22)31/h4-15H,3,16-20H2,1-2H3. The summed E-state index contributed by atoms with van der Waals surface area (Å²) < 4.78 is 41.3. The van der Waals surface area contributed by atoms with Crippen molar-refractivity contribution in [3.63, 3.8) is 0 Å². The van der Waals surface area contributed by atoms with Gasteiger partial charge in [0.15, 0.2) is 18.4 Å². The highest BCUT2D eigenvalue weighted by Gasteiger charge is 2.21. The maximum absolute atomic E-state index is 14.9. The molecule has 37 heavy (non-hydrogen) atoms. The molecule has 0 unspecified atom stereocenters. The van der Waals surface area contributed by atoms with Crippen LogP contribution in [-0.4, -0.2) is 23.5 Å². The third-order valence-corrected chi connectivity index (χ3v) is 6.29. The van der Waals surface area contributed by atoms with Crippen molar-refractivity contribution in [2.24, 2.45) is 0 Å². The lowest BCUT2D eigenvalue weighted by molar-refractivity contribution is 0.0487. The summed E-state index contributed by atoms with van der Waals surface area (Å²) in [6.45, 7) is 1.93. The van der Waals surface area contributed by atoms with Crippen LogP contribution in [0.5, 0.6) is 5.75 Å². The van der Waals surface area contributed by atoms with Crippen LogP contribution in [0.1, 0.15) is 29.3 Å². The summed E-state index contributed by atoms with van der Waals surface area (Å²) in [5, 5.41) is 0. The minimum Gasteiger partial charge on any atom is -0.464 e. The number of benzene rings is 3. The van der Waals surface area contributed by atoms with Crippen molar-refractivity contribution in [3.05, 3.63) is 117 Å². The van der Waals surface area contributed by atoms with Crippen molar-refractivity contribution >= 4 is 0 Å². The molecule has 3 aromatic carbocycles. The molecule has 0 amide bonds. The molecule has 4 aromatic rings. The minimum atomic E-state index is -0.588. The predicted octanol–water partition coefficient (Wildman–Crippen LogP) is 5.76. The normalized spacial score (nSPS) is 11.0. The zero-order chi connectivity index (χ0) is 26.2. The monoisotopic (exact) mass is 504 g/mol. The number of aromatic nitrogens is 2. The quantitative estimate of drug-likeness (QED) is 0.244. The Morgan fingerprint density at radius 3 is 2.32 bits per heavy atom. The molecule has 192 valence electrons. The second-order valence-corrected chi connectivity index (χ2v) is 8.67. The molecule has 0 N–H and O–H groups in total. The summed E-state index contributed by atoms with van der Waals surface area (Å²) >= 11 is 0. The average molecular weight is 505 g/mol. The van der Waals surface area contributed by atoms with Crippen molar-refractivity contribution in [2.75, 3.05) is 13.9 Å². The third-order valence-electron chi connectivity index (χ3n) is 6.29. The Bertz CT molecular complexity index is 1400. The van der Waals surface area contributed by atoms with E-state index in [9.17, 15) is 13.6 Å². The van der Waals surface area contributed by atoms with Gasteiger partial charge in [-0.05, 0) is 55.0 Å². The van der Waals surface area contributed by atoms with Crippen LogP contribution in [0.15, 0.2) is 77.6 Å². The Labute approximate surface area is 215 Å². The number of aryl methyl sites for hydroxylation is 3. The molecular formula is C30H30F2N2O3. The van der Waals surface area contributed by atoms with Crippen molar-refractivity contribution < 1.29 is 18.3 Å². The highest BCUT2D eigenvalue weighted by atomic mass is 19.1. The lowest BCUT2D eigenvalue weighted by atomic mass is 10.0. The largest absolute Gasteiger partial charge is 0.464 e. The van der Waals surface area contributed by atoms with Crippen LogP contribution in [0.25, 0.3) is 11.4 Å². The van der Waals surface area contributed by atoms with Crippen LogP contribution in [-0.2, 0) is 37.0 Å². The number of methoxy groups -OCH3 is 1. The van der Waals surface area contributed by atoms with Crippen molar-refractivity contribution in [1.82, 2.24) is 9.55 Å². The molecule has 7 heteroatoms. The van der Waals surface area contributed by atoms with Crippen LogP contribution in [0.2, 0.25) is 0 Å². The molecule has 0 atom stereocenters. The van der Waals surface area contributed by atoms with Gasteiger partial charge < -0.3 is 9.47 Å². The molecule has 0 aliphatic heterocycles. The van der Waals surface area contributed by atoms with Crippen molar-refractivity contribution in [2.45, 2.75) is 39.2 Å². The summed E-state index contributed by atoms with van der Waals surface area (Å²) in [6, 6.07) is 20.9. The van der Waals surface area contributed by atoms with E-state index in [4.69, 9.17) is 14.5 Å². The first-order valence-electron chi connectivity index (χ1n) is 12.3. The fraction of sp³-hybridized carbons (Fsp3) is 0.267. The van der Waals surface area contributed by atoms with Gasteiger partial charge in [-0.3, -0.25) is 9.36 Å². The van der Waals surface area contributed by atoms with Crippen LogP contribution in [0.3, 0.4) is 0 Å². The topological polar surface area (TPSA) is 53.4 Å². The Morgan fingerprint density at radius 2 is 1.59 bits per heavy atom. The van der Waals surface area contributed by atoms with Crippen molar-refractivity contribution in [1.29, 1.82) is 0 Å². The Kier molecular flexibility index (Phi) is 8.80. The van der Waals surface area contributed by atoms with Crippen LogP contribution < -0.4 is 10.3 Å². The number of rotatable bonds is 11. The summed E-state index contributed by atoms with van der Waals surface area (Å²) in [7, 11) is 1.45. The van der Waals surface area contributed by atoms with Gasteiger partial charge in [-0.2, -0.15) is 0 Å². The molecule has 4 rings (SSSR count). The van der Waals surface area contributed by atoms with E-state index in [1.165, 1.54) is 23.8 Å². The van der Waals surface area contributed by atoms with E-state index in [1.807, 2.05) is 37.3 Å². The molecule has 0 spiro atoms. The zero-order valence-electron chi connectivity index (χ0n) is 21.0. The second-order valence-electron chi connectivity index (χ2n) is 8.67. The highest BCUT2D eigenvalue weighted by molar-refractivity contribution is 5.65. The van der Waals surface area contributed by atoms with E-state index < -0.39 is 5.82 Å². The lowest BCUT2D eigenvalue weighted by Gasteiger charge is -2.19. The highest BCUT2D eigenvalue weighted by Crippen LogP contribution is 2.32. The first kappa shape index (κ1) is 26.2. The SMILES string of the molecule is CCc1c(CCc2ccccc2)nc(-c2cccc(F)c2OCOC)n(CCc2ccccc2F)c1=O. The predicted molar refractivity (Wildman–Crippen MR) is 140 cm³/mol. The third kappa shape index (κ3) is 6.12. The number of ether oxygens (including phenoxy) is 2. The number of hydrogen-bond acceptors (Lipinski definition) is 4. The van der Waals surface area contributed by atoms with Gasteiger partial charge in [0, 0.05) is 19.2 Å². The minimum absolute atomic E-state index is 0.0471. The van der Waals surface area contributed by atoms with Gasteiger partial charge in [0.2, 0.25) is 0 Å². The van der Waals surface area contributed by atoms with E-state index in [0.717, 1.165) is 5.56 Å². The van der Waals surface area contributed by atoms with Gasteiger partial charge in [0.05, 0.1) is 11.3 Å². The first-order valence-corrected chi connectivity index (χ1v) is 12.3. The lowest BCUT2D eigenvalue weighted by Crippen LogP contribution is -2.30. The average Bonchev–Trinajstić information content (AvgIpc) is 2.91. The molecule has 1 heterocycles. The molecule has 0 aliphatic carbocycles. The maximum Gasteiger partial charge on any atom is 0.257 e. The Hall–Kier alpha value is -3.84. The molecular weight excluding hydrogens is 474 g/mol. The number of nitrogens with zero attached hydrogens (tertiary/aromatic N) is 2. The van der Waals surface area contributed by atoms with Crippen LogP contribution in [0.4, 0.5) is 8.78 Å². The van der Waals surface area contributed by atoms with E-state index in [1.54, 1.807) is 30.3 Å². The van der Waals surface area contributed by atoms with Gasteiger partial charge in [0.1, 0.15) is 11.6 Å². The van der Waals surface area contributed by atoms with E-state index >= 15 is 0 Å². The molecule has 0 fully saturated rings. The molecule has 0 bridgehead atoms. The molecule has 0 aliphatic rings. The number of hydrogen-bond donors (Lipinski definition) is 0. The number of para-hydroxylation sites is 1. The zero-order valence-corrected chi connectivity index (χ0v) is 21.0. The van der Waals surface area contributed by atoms with Crippen LogP contribution >= 0.6 is 0 Å². The van der Waals surface area contributed by atoms with E-state index in [0.29, 0.717) is 41.6 Å². The number of halogens is 2. The van der Waals surface area contributed by atoms with Gasteiger partial charge in [-0.15, -0.1) is 0 Å². The van der Waals surface area contributed by atoms with Crippen molar-refractivity contribution in [3.8, 4) is 17.1 Å².